The van der Waals surface area contributed by atoms with Crippen LogP contribution in [0.1, 0.15) is 18.7 Å². The number of carbonyl (C=O) groups is 1. The second-order valence-corrected chi connectivity index (χ2v) is 6.28. The molecular formula is C22H25N3O2. The third-order valence-electron chi connectivity index (χ3n) is 4.35. The molecule has 0 aliphatic carbocycles. The Morgan fingerprint density at radius 1 is 1.11 bits per heavy atom. The normalized spacial score (nSPS) is 10.7. The summed E-state index contributed by atoms with van der Waals surface area (Å²) in [6.45, 7) is 5.59. The molecule has 27 heavy (non-hydrogen) atoms. The van der Waals surface area contributed by atoms with E-state index in [-0.39, 0.29) is 5.91 Å². The summed E-state index contributed by atoms with van der Waals surface area (Å²) in [5.74, 6) is 1.74. The summed E-state index contributed by atoms with van der Waals surface area (Å²) in [5.41, 5.74) is 2.12. The molecule has 3 aromatic rings. The molecule has 1 heterocycles. The quantitative estimate of drug-likeness (QED) is 0.441. The first-order chi connectivity index (χ1) is 13.3. The van der Waals surface area contributed by atoms with E-state index in [4.69, 9.17) is 9.72 Å². The number of nitrogens with one attached hydrogen (secondary N) is 1. The molecule has 1 aromatic heterocycles. The fourth-order valence-electron chi connectivity index (χ4n) is 3.01. The van der Waals surface area contributed by atoms with Crippen LogP contribution < -0.4 is 10.1 Å². The average Bonchev–Trinajstić information content (AvgIpc) is 3.06. The maximum Gasteiger partial charge on any atom is 0.243 e. The number of benzene rings is 2. The number of para-hydroxylation sites is 3. The number of amides is 1. The van der Waals surface area contributed by atoms with Gasteiger partial charge in [0.2, 0.25) is 5.91 Å². The second kappa shape index (κ2) is 9.57. The minimum absolute atomic E-state index is 0.157. The third kappa shape index (κ3) is 5.20. The second-order valence-electron chi connectivity index (χ2n) is 6.28. The van der Waals surface area contributed by atoms with Gasteiger partial charge in [0, 0.05) is 19.5 Å². The maximum absolute atomic E-state index is 11.3. The molecular weight excluding hydrogens is 338 g/mol. The Balaban J connectivity index is 1.57. The van der Waals surface area contributed by atoms with Crippen LogP contribution in [0.4, 0.5) is 0 Å². The van der Waals surface area contributed by atoms with E-state index in [0.29, 0.717) is 19.6 Å². The van der Waals surface area contributed by atoms with Gasteiger partial charge in [-0.1, -0.05) is 36.9 Å². The molecule has 2 aromatic carbocycles. The first-order valence-corrected chi connectivity index (χ1v) is 9.30. The molecule has 0 aliphatic heterocycles. The van der Waals surface area contributed by atoms with Crippen molar-refractivity contribution in [3.63, 3.8) is 0 Å². The molecule has 5 heteroatoms. The van der Waals surface area contributed by atoms with Gasteiger partial charge in [0.1, 0.15) is 11.6 Å². The van der Waals surface area contributed by atoms with Gasteiger partial charge >= 0.3 is 0 Å². The number of aromatic nitrogens is 2. The van der Waals surface area contributed by atoms with Gasteiger partial charge in [0.15, 0.2) is 0 Å². The fraction of sp³-hybridized carbons (Fsp3) is 0.273. The lowest BCUT2D eigenvalue weighted by Gasteiger charge is -2.10. The van der Waals surface area contributed by atoms with Gasteiger partial charge in [-0.05, 0) is 43.2 Å². The average molecular weight is 363 g/mol. The maximum atomic E-state index is 11.3. The molecule has 0 unspecified atom stereocenters. The van der Waals surface area contributed by atoms with Crippen molar-refractivity contribution >= 4 is 16.9 Å². The Labute approximate surface area is 159 Å². The standard InChI is InChI=1S/C22H25N3O2/c1-2-22(26)23-15-14-21-24-19-12-6-7-13-20(19)25(21)16-8-9-17-27-18-10-4-3-5-11-18/h2-7,10-13H,1,8-9,14-17H2,(H,23,26). The Bertz CT molecular complexity index is 887. The highest BCUT2D eigenvalue weighted by molar-refractivity contribution is 5.86. The summed E-state index contributed by atoms with van der Waals surface area (Å²) >= 11 is 0. The van der Waals surface area contributed by atoms with E-state index in [1.54, 1.807) is 0 Å². The minimum Gasteiger partial charge on any atom is -0.494 e. The minimum atomic E-state index is -0.157. The lowest BCUT2D eigenvalue weighted by atomic mass is 10.3. The van der Waals surface area contributed by atoms with Crippen LogP contribution in [-0.2, 0) is 17.8 Å². The molecule has 3 rings (SSSR count). The van der Waals surface area contributed by atoms with Crippen LogP contribution in [0.3, 0.4) is 0 Å². The number of imidazole rings is 1. The molecule has 0 saturated carbocycles. The highest BCUT2D eigenvalue weighted by Crippen LogP contribution is 2.17. The zero-order valence-corrected chi connectivity index (χ0v) is 15.4. The topological polar surface area (TPSA) is 56.2 Å². The molecule has 5 nitrogen and oxygen atoms in total. The Morgan fingerprint density at radius 3 is 2.70 bits per heavy atom. The van der Waals surface area contributed by atoms with Crippen LogP contribution in [0.25, 0.3) is 11.0 Å². The molecule has 0 radical (unpaired) electrons. The fourth-order valence-corrected chi connectivity index (χ4v) is 3.01. The van der Waals surface area contributed by atoms with Crippen LogP contribution in [0.2, 0.25) is 0 Å². The van der Waals surface area contributed by atoms with E-state index in [9.17, 15) is 4.79 Å². The van der Waals surface area contributed by atoms with Crippen LogP contribution in [0, 0.1) is 0 Å². The number of fused-ring (bicyclic) bond motifs is 1. The number of hydrogen-bond acceptors (Lipinski definition) is 3. The van der Waals surface area contributed by atoms with E-state index in [1.807, 2.05) is 48.5 Å². The Kier molecular flexibility index (Phi) is 6.63. The summed E-state index contributed by atoms with van der Waals surface area (Å²) in [4.78, 5) is 16.1. The lowest BCUT2D eigenvalue weighted by Crippen LogP contribution is -2.24. The zero-order valence-electron chi connectivity index (χ0n) is 15.4. The van der Waals surface area contributed by atoms with Gasteiger partial charge in [0.05, 0.1) is 17.6 Å². The van der Waals surface area contributed by atoms with Crippen LogP contribution in [-0.4, -0.2) is 28.6 Å². The predicted molar refractivity (Wildman–Crippen MR) is 108 cm³/mol. The van der Waals surface area contributed by atoms with Gasteiger partial charge in [-0.3, -0.25) is 4.79 Å². The van der Waals surface area contributed by atoms with E-state index >= 15 is 0 Å². The SMILES string of the molecule is C=CC(=O)NCCc1nc2ccccc2n1CCCCOc1ccccc1. The number of unbranched alkanes of at least 4 members (excludes halogenated alkanes) is 1. The third-order valence-corrected chi connectivity index (χ3v) is 4.35. The van der Waals surface area contributed by atoms with Crippen molar-refractivity contribution < 1.29 is 9.53 Å². The van der Waals surface area contributed by atoms with Crippen LogP contribution >= 0.6 is 0 Å². The number of ether oxygens (including phenoxy) is 1. The van der Waals surface area contributed by atoms with Crippen molar-refractivity contribution in [2.45, 2.75) is 25.8 Å². The summed E-state index contributed by atoms with van der Waals surface area (Å²) in [6, 6.07) is 18.0. The zero-order chi connectivity index (χ0) is 18.9. The monoisotopic (exact) mass is 363 g/mol. The summed E-state index contributed by atoms with van der Waals surface area (Å²) in [5, 5.41) is 2.82. The molecule has 0 fully saturated rings. The summed E-state index contributed by atoms with van der Waals surface area (Å²) < 4.78 is 8.01. The van der Waals surface area contributed by atoms with Crippen molar-refractivity contribution in [2.75, 3.05) is 13.2 Å². The molecule has 1 N–H and O–H groups in total. The van der Waals surface area contributed by atoms with Gasteiger partial charge in [-0.2, -0.15) is 0 Å². The first kappa shape index (κ1) is 18.7. The van der Waals surface area contributed by atoms with Crippen molar-refractivity contribution in [3.05, 3.63) is 73.1 Å². The van der Waals surface area contributed by atoms with Crippen molar-refractivity contribution in [3.8, 4) is 5.75 Å². The highest BCUT2D eigenvalue weighted by Gasteiger charge is 2.10. The van der Waals surface area contributed by atoms with Crippen molar-refractivity contribution in [1.82, 2.24) is 14.9 Å². The van der Waals surface area contributed by atoms with E-state index < -0.39 is 0 Å². The van der Waals surface area contributed by atoms with Gasteiger partial charge in [-0.15, -0.1) is 0 Å². The van der Waals surface area contributed by atoms with Crippen LogP contribution in [0.15, 0.2) is 67.3 Å². The molecule has 0 aliphatic rings. The lowest BCUT2D eigenvalue weighted by molar-refractivity contribution is -0.116. The van der Waals surface area contributed by atoms with Gasteiger partial charge in [-0.25, -0.2) is 4.98 Å². The molecule has 0 saturated heterocycles. The Morgan fingerprint density at radius 2 is 1.89 bits per heavy atom. The molecule has 0 atom stereocenters. The molecule has 0 spiro atoms. The number of hydrogen-bond donors (Lipinski definition) is 1. The molecule has 140 valence electrons. The number of nitrogens with zero attached hydrogens (tertiary/aromatic N) is 2. The Hall–Kier alpha value is -3.08. The number of rotatable bonds is 10. The number of aryl methyl sites for hydroxylation is 1. The molecule has 1 amide bonds. The summed E-state index contributed by atoms with van der Waals surface area (Å²) in [7, 11) is 0. The summed E-state index contributed by atoms with van der Waals surface area (Å²) in [6.07, 6.45) is 3.94. The van der Waals surface area contributed by atoms with Crippen molar-refractivity contribution in [2.24, 2.45) is 0 Å². The predicted octanol–water partition coefficient (Wildman–Crippen LogP) is 3.74. The first-order valence-electron chi connectivity index (χ1n) is 9.30. The van der Waals surface area contributed by atoms with Crippen LogP contribution in [0.5, 0.6) is 5.75 Å². The van der Waals surface area contributed by atoms with Gasteiger partial charge in [0.25, 0.3) is 0 Å². The van der Waals surface area contributed by atoms with Crippen molar-refractivity contribution in [1.29, 1.82) is 0 Å². The smallest absolute Gasteiger partial charge is 0.243 e. The van der Waals surface area contributed by atoms with E-state index in [0.717, 1.165) is 42.0 Å². The van der Waals surface area contributed by atoms with E-state index in [2.05, 4.69) is 22.5 Å². The highest BCUT2D eigenvalue weighted by atomic mass is 16.5. The largest absolute Gasteiger partial charge is 0.494 e. The van der Waals surface area contributed by atoms with E-state index in [1.165, 1.54) is 6.08 Å². The number of carbonyl (C=O) groups excluding carboxylic acids is 1. The molecule has 0 bridgehead atoms. The van der Waals surface area contributed by atoms with Gasteiger partial charge < -0.3 is 14.6 Å².